The smallest absolute Gasteiger partial charge is 0.313 e. The van der Waals surface area contributed by atoms with E-state index in [1.54, 1.807) is 25.3 Å². The van der Waals surface area contributed by atoms with E-state index in [9.17, 15) is 9.59 Å². The summed E-state index contributed by atoms with van der Waals surface area (Å²) in [5.41, 5.74) is 0.524. The Morgan fingerprint density at radius 2 is 2.21 bits per heavy atom. The van der Waals surface area contributed by atoms with Crippen molar-refractivity contribution in [2.75, 3.05) is 25.2 Å². The fraction of sp³-hybridized carbons (Fsp3) is 0.333. The average Bonchev–Trinajstić information content (AvgIpc) is 2.37. The Bertz CT molecular complexity index is 467. The summed E-state index contributed by atoms with van der Waals surface area (Å²) in [5, 5.41) is 11.2. The van der Waals surface area contributed by atoms with Crippen molar-refractivity contribution in [3.8, 4) is 5.75 Å². The van der Waals surface area contributed by atoms with Crippen LogP contribution >= 0.6 is 27.7 Å². The van der Waals surface area contributed by atoms with Crippen LogP contribution in [-0.4, -0.2) is 42.1 Å². The van der Waals surface area contributed by atoms with Crippen molar-refractivity contribution in [2.24, 2.45) is 0 Å². The second kappa shape index (κ2) is 8.06. The maximum Gasteiger partial charge on any atom is 0.313 e. The first kappa shape index (κ1) is 15.8. The largest absolute Gasteiger partial charge is 0.496 e. The molecule has 0 spiro atoms. The molecule has 1 rings (SSSR count). The van der Waals surface area contributed by atoms with Crippen LogP contribution in [-0.2, 0) is 4.79 Å². The van der Waals surface area contributed by atoms with E-state index < -0.39 is 5.97 Å². The predicted octanol–water partition coefficient (Wildman–Crippen LogP) is 2.01. The van der Waals surface area contributed by atoms with Crippen LogP contribution in [0.15, 0.2) is 22.7 Å². The summed E-state index contributed by atoms with van der Waals surface area (Å²) in [6.07, 6.45) is 0. The number of benzene rings is 1. The zero-order valence-electron chi connectivity index (χ0n) is 10.3. The minimum atomic E-state index is -0.851. The molecule has 104 valence electrons. The number of methoxy groups -OCH3 is 1. The lowest BCUT2D eigenvalue weighted by Gasteiger charge is -2.07. The van der Waals surface area contributed by atoms with E-state index in [1.165, 1.54) is 11.8 Å². The summed E-state index contributed by atoms with van der Waals surface area (Å²) in [5.74, 6) is 0.225. The predicted molar refractivity (Wildman–Crippen MR) is 78.0 cm³/mol. The summed E-state index contributed by atoms with van der Waals surface area (Å²) >= 11 is 4.57. The number of carboxylic acids is 1. The average molecular weight is 348 g/mol. The van der Waals surface area contributed by atoms with Gasteiger partial charge >= 0.3 is 5.97 Å². The van der Waals surface area contributed by atoms with Crippen molar-refractivity contribution in [3.05, 3.63) is 28.2 Å². The van der Waals surface area contributed by atoms with Gasteiger partial charge in [-0.1, -0.05) is 0 Å². The van der Waals surface area contributed by atoms with Gasteiger partial charge in [0.25, 0.3) is 5.91 Å². The number of aliphatic carboxylic acids is 1. The molecule has 1 aromatic carbocycles. The van der Waals surface area contributed by atoms with Gasteiger partial charge < -0.3 is 15.2 Å². The van der Waals surface area contributed by atoms with E-state index in [2.05, 4.69) is 21.2 Å². The molecule has 0 bridgehead atoms. The van der Waals surface area contributed by atoms with Crippen LogP contribution in [0.2, 0.25) is 0 Å². The van der Waals surface area contributed by atoms with Crippen LogP contribution in [0.4, 0.5) is 0 Å². The maximum absolute atomic E-state index is 11.8. The maximum atomic E-state index is 11.8. The summed E-state index contributed by atoms with van der Waals surface area (Å²) in [6.45, 7) is 0.431. The number of hydrogen-bond acceptors (Lipinski definition) is 4. The number of thioether (sulfide) groups is 1. The Labute approximate surface area is 123 Å². The lowest BCUT2D eigenvalue weighted by molar-refractivity contribution is -0.133. The van der Waals surface area contributed by atoms with Gasteiger partial charge in [-0.3, -0.25) is 9.59 Å². The zero-order chi connectivity index (χ0) is 14.3. The first-order valence-electron chi connectivity index (χ1n) is 5.46. The van der Waals surface area contributed by atoms with E-state index in [4.69, 9.17) is 9.84 Å². The van der Waals surface area contributed by atoms with Gasteiger partial charge in [0.05, 0.1) is 17.3 Å². The third kappa shape index (κ3) is 5.52. The zero-order valence-corrected chi connectivity index (χ0v) is 12.7. The Morgan fingerprint density at radius 3 is 2.79 bits per heavy atom. The van der Waals surface area contributed by atoms with E-state index in [1.807, 2.05) is 0 Å². The lowest BCUT2D eigenvalue weighted by atomic mass is 10.2. The molecule has 0 saturated heterocycles. The minimum absolute atomic E-state index is 0.0456. The Kier molecular flexibility index (Phi) is 6.72. The second-order valence-electron chi connectivity index (χ2n) is 3.55. The molecule has 0 atom stereocenters. The molecule has 0 fully saturated rings. The number of hydrogen-bond donors (Lipinski definition) is 2. The molecule has 1 aromatic rings. The summed E-state index contributed by atoms with van der Waals surface area (Å²) in [6, 6.07) is 5.06. The van der Waals surface area contributed by atoms with Gasteiger partial charge in [-0.2, -0.15) is 0 Å². The molecule has 0 heterocycles. The molecule has 1 amide bonds. The third-order valence-corrected chi connectivity index (χ3v) is 3.74. The highest BCUT2D eigenvalue weighted by molar-refractivity contribution is 9.10. The van der Waals surface area contributed by atoms with Crippen molar-refractivity contribution in [1.82, 2.24) is 5.32 Å². The first-order chi connectivity index (χ1) is 9.04. The molecule has 0 unspecified atom stereocenters. The van der Waals surface area contributed by atoms with E-state index >= 15 is 0 Å². The SMILES string of the molecule is COc1ccc(C(=O)NCCSCC(=O)O)cc1Br. The molecule has 2 N–H and O–H groups in total. The normalized spacial score (nSPS) is 10.0. The fourth-order valence-corrected chi connectivity index (χ4v) is 2.41. The van der Waals surface area contributed by atoms with Crippen molar-refractivity contribution < 1.29 is 19.4 Å². The fourth-order valence-electron chi connectivity index (χ4n) is 1.31. The van der Waals surface area contributed by atoms with Gasteiger partial charge in [0.15, 0.2) is 0 Å². The lowest BCUT2D eigenvalue weighted by Crippen LogP contribution is -2.26. The molecule has 0 aliphatic carbocycles. The summed E-state index contributed by atoms with van der Waals surface area (Å²) < 4.78 is 5.79. The first-order valence-corrected chi connectivity index (χ1v) is 7.40. The molecule has 19 heavy (non-hydrogen) atoms. The molecule has 5 nitrogen and oxygen atoms in total. The molecule has 0 radical (unpaired) electrons. The van der Waals surface area contributed by atoms with Crippen LogP contribution in [0, 0.1) is 0 Å². The van der Waals surface area contributed by atoms with Crippen LogP contribution in [0.5, 0.6) is 5.75 Å². The Morgan fingerprint density at radius 1 is 1.47 bits per heavy atom. The van der Waals surface area contributed by atoms with Crippen LogP contribution in [0.1, 0.15) is 10.4 Å². The summed E-state index contributed by atoms with van der Waals surface area (Å²) in [4.78, 5) is 22.1. The number of amides is 1. The van der Waals surface area contributed by atoms with Gasteiger partial charge in [-0.05, 0) is 34.1 Å². The third-order valence-electron chi connectivity index (χ3n) is 2.17. The number of rotatable bonds is 7. The highest BCUT2D eigenvalue weighted by Crippen LogP contribution is 2.25. The van der Waals surface area contributed by atoms with E-state index in [0.717, 1.165) is 0 Å². The molecular weight excluding hydrogens is 334 g/mol. The number of halogens is 1. The van der Waals surface area contributed by atoms with Gasteiger partial charge in [0.1, 0.15) is 5.75 Å². The number of carbonyl (C=O) groups is 2. The van der Waals surface area contributed by atoms with Crippen molar-refractivity contribution in [2.45, 2.75) is 0 Å². The molecule has 0 saturated carbocycles. The highest BCUT2D eigenvalue weighted by Gasteiger charge is 2.08. The van der Waals surface area contributed by atoms with E-state index in [0.29, 0.717) is 28.1 Å². The second-order valence-corrected chi connectivity index (χ2v) is 5.51. The highest BCUT2D eigenvalue weighted by atomic mass is 79.9. The topological polar surface area (TPSA) is 75.6 Å². The monoisotopic (exact) mass is 347 g/mol. The van der Waals surface area contributed by atoms with Crippen LogP contribution < -0.4 is 10.1 Å². The number of carbonyl (C=O) groups excluding carboxylic acids is 1. The van der Waals surface area contributed by atoms with Crippen molar-refractivity contribution in [1.29, 1.82) is 0 Å². The Balaban J connectivity index is 2.41. The van der Waals surface area contributed by atoms with Crippen LogP contribution in [0.3, 0.4) is 0 Å². The van der Waals surface area contributed by atoms with Crippen molar-refractivity contribution >= 4 is 39.6 Å². The van der Waals surface area contributed by atoms with Crippen molar-refractivity contribution in [3.63, 3.8) is 0 Å². The number of ether oxygens (including phenoxy) is 1. The molecular formula is C12H14BrNO4S. The Hall–Kier alpha value is -1.21. The van der Waals surface area contributed by atoms with E-state index in [-0.39, 0.29) is 11.7 Å². The standard InChI is InChI=1S/C12H14BrNO4S/c1-18-10-3-2-8(6-9(10)13)12(17)14-4-5-19-7-11(15)16/h2-3,6H,4-5,7H2,1H3,(H,14,17)(H,15,16). The molecule has 0 aliphatic rings. The molecule has 0 aliphatic heterocycles. The summed E-state index contributed by atoms with van der Waals surface area (Å²) in [7, 11) is 1.56. The quantitative estimate of drug-likeness (QED) is 0.738. The number of nitrogens with one attached hydrogen (secondary N) is 1. The molecule has 7 heteroatoms. The molecule has 0 aromatic heterocycles. The van der Waals surface area contributed by atoms with Crippen LogP contribution in [0.25, 0.3) is 0 Å². The minimum Gasteiger partial charge on any atom is -0.496 e. The van der Waals surface area contributed by atoms with Gasteiger partial charge in [0, 0.05) is 17.9 Å². The van der Waals surface area contributed by atoms with Gasteiger partial charge in [-0.25, -0.2) is 0 Å². The number of carboxylic acid groups (broad SMARTS) is 1. The van der Waals surface area contributed by atoms with Gasteiger partial charge in [-0.15, -0.1) is 11.8 Å². The van der Waals surface area contributed by atoms with Gasteiger partial charge in [0.2, 0.25) is 0 Å².